The van der Waals surface area contributed by atoms with Gasteiger partial charge >= 0.3 is 0 Å². The fourth-order valence-corrected chi connectivity index (χ4v) is 3.18. The van der Waals surface area contributed by atoms with Gasteiger partial charge in [-0.15, -0.1) is 0 Å². The number of phenolic OH excluding ortho intramolecular Hbond substituents is 3. The van der Waals surface area contributed by atoms with Crippen LogP contribution in [0.2, 0.25) is 0 Å². The van der Waals surface area contributed by atoms with E-state index in [0.717, 1.165) is 22.1 Å². The first-order valence-electron chi connectivity index (χ1n) is 8.81. The molecule has 0 aliphatic carbocycles. The van der Waals surface area contributed by atoms with Gasteiger partial charge in [0.05, 0.1) is 22.9 Å². The summed E-state index contributed by atoms with van der Waals surface area (Å²) in [4.78, 5) is 16.4. The Morgan fingerprint density at radius 2 is 1.62 bits per heavy atom. The van der Waals surface area contributed by atoms with Gasteiger partial charge in [-0.1, -0.05) is 12.1 Å². The number of aromatic amines is 1. The number of nitrogens with zero attached hydrogens (tertiary/aromatic N) is 3. The van der Waals surface area contributed by atoms with E-state index in [1.807, 2.05) is 42.5 Å². The highest BCUT2D eigenvalue weighted by atomic mass is 16.3. The Morgan fingerprint density at radius 3 is 2.45 bits per heavy atom. The van der Waals surface area contributed by atoms with Gasteiger partial charge in [0.15, 0.2) is 23.1 Å². The average molecular weight is 385 g/mol. The first kappa shape index (κ1) is 16.8. The second kappa shape index (κ2) is 6.38. The number of hydrogen-bond donors (Lipinski definition) is 5. The number of benzene rings is 3. The Labute approximate surface area is 164 Å². The highest BCUT2D eigenvalue weighted by Crippen LogP contribution is 2.39. The minimum atomic E-state index is -0.583. The number of aromatic nitrogens is 4. The number of aromatic hydroxyl groups is 3. The first-order chi connectivity index (χ1) is 14.1. The molecule has 0 unspecified atom stereocenters. The lowest BCUT2D eigenvalue weighted by atomic mass is 10.1. The SMILES string of the molecule is Oc1cc(-c2nc(Nc3ccc4nc[nH]c4c3)c3ccccc3n2)cc(O)c1O. The van der Waals surface area contributed by atoms with Crippen molar-refractivity contribution < 1.29 is 15.3 Å². The summed E-state index contributed by atoms with van der Waals surface area (Å²) in [5.74, 6) is -0.622. The Morgan fingerprint density at radius 1 is 0.828 bits per heavy atom. The number of rotatable bonds is 3. The summed E-state index contributed by atoms with van der Waals surface area (Å²) in [6.07, 6.45) is 1.64. The van der Waals surface area contributed by atoms with Crippen molar-refractivity contribution in [1.82, 2.24) is 19.9 Å². The van der Waals surface area contributed by atoms with E-state index in [1.165, 1.54) is 12.1 Å². The van der Waals surface area contributed by atoms with Crippen LogP contribution in [-0.2, 0) is 0 Å². The summed E-state index contributed by atoms with van der Waals surface area (Å²) in [6, 6.07) is 15.9. The third-order valence-corrected chi connectivity index (χ3v) is 4.61. The van der Waals surface area contributed by atoms with Gasteiger partial charge in [-0.3, -0.25) is 0 Å². The molecule has 0 atom stereocenters. The van der Waals surface area contributed by atoms with Crippen molar-refractivity contribution in [2.45, 2.75) is 0 Å². The van der Waals surface area contributed by atoms with Crippen molar-refractivity contribution in [2.75, 3.05) is 5.32 Å². The Hall–Kier alpha value is -4.33. The standard InChI is InChI=1S/C21H15N5O3/c27-17-7-11(8-18(28)19(17)29)20-25-14-4-2-1-3-13(14)21(26-20)24-12-5-6-15-16(9-12)23-10-22-15/h1-10,27-29H,(H,22,23)(H,24,25,26). The lowest BCUT2D eigenvalue weighted by Crippen LogP contribution is -1.99. The van der Waals surface area contributed by atoms with Crippen LogP contribution >= 0.6 is 0 Å². The van der Waals surface area contributed by atoms with E-state index in [-0.39, 0.29) is 0 Å². The molecule has 29 heavy (non-hydrogen) atoms. The van der Waals surface area contributed by atoms with E-state index in [2.05, 4.69) is 25.3 Å². The Bertz CT molecular complexity index is 1360. The summed E-state index contributed by atoms with van der Waals surface area (Å²) in [5.41, 5.74) is 3.62. The number of anilines is 2. The molecular formula is C21H15N5O3. The minimum absolute atomic E-state index is 0.291. The van der Waals surface area contributed by atoms with E-state index < -0.39 is 17.2 Å². The fraction of sp³-hybridized carbons (Fsp3) is 0. The summed E-state index contributed by atoms with van der Waals surface area (Å²) in [6.45, 7) is 0. The van der Waals surface area contributed by atoms with Gasteiger partial charge in [-0.05, 0) is 42.5 Å². The van der Waals surface area contributed by atoms with Gasteiger partial charge in [0.2, 0.25) is 0 Å². The van der Waals surface area contributed by atoms with Crippen LogP contribution in [0.15, 0.2) is 60.9 Å². The number of fused-ring (bicyclic) bond motifs is 2. The third-order valence-electron chi connectivity index (χ3n) is 4.61. The topological polar surface area (TPSA) is 127 Å². The van der Waals surface area contributed by atoms with E-state index in [9.17, 15) is 15.3 Å². The van der Waals surface area contributed by atoms with E-state index >= 15 is 0 Å². The molecule has 0 saturated heterocycles. The van der Waals surface area contributed by atoms with Crippen LogP contribution in [0.1, 0.15) is 0 Å². The molecule has 142 valence electrons. The van der Waals surface area contributed by atoms with Crippen molar-refractivity contribution in [1.29, 1.82) is 0 Å². The average Bonchev–Trinajstić information content (AvgIpc) is 3.19. The predicted octanol–water partition coefficient (Wildman–Crippen LogP) is 4.03. The van der Waals surface area contributed by atoms with Gasteiger partial charge in [0.1, 0.15) is 5.82 Å². The molecule has 5 aromatic rings. The highest BCUT2D eigenvalue weighted by Gasteiger charge is 2.14. The molecule has 0 amide bonds. The summed E-state index contributed by atoms with van der Waals surface area (Å²) < 4.78 is 0. The molecule has 3 aromatic carbocycles. The zero-order valence-corrected chi connectivity index (χ0v) is 15.0. The molecule has 0 saturated carbocycles. The summed E-state index contributed by atoms with van der Waals surface area (Å²) in [7, 11) is 0. The summed E-state index contributed by atoms with van der Waals surface area (Å²) >= 11 is 0. The lowest BCUT2D eigenvalue weighted by Gasteiger charge is -2.12. The third kappa shape index (κ3) is 2.92. The van der Waals surface area contributed by atoms with E-state index in [0.29, 0.717) is 22.7 Å². The molecule has 0 aliphatic heterocycles. The van der Waals surface area contributed by atoms with E-state index in [4.69, 9.17) is 0 Å². The molecule has 8 nitrogen and oxygen atoms in total. The van der Waals surface area contributed by atoms with Crippen molar-refractivity contribution in [3.63, 3.8) is 0 Å². The molecular weight excluding hydrogens is 370 g/mol. The molecule has 0 fully saturated rings. The first-order valence-corrected chi connectivity index (χ1v) is 8.81. The minimum Gasteiger partial charge on any atom is -0.504 e. The van der Waals surface area contributed by atoms with Crippen LogP contribution in [-0.4, -0.2) is 35.3 Å². The highest BCUT2D eigenvalue weighted by molar-refractivity contribution is 5.93. The van der Waals surface area contributed by atoms with Gasteiger partial charge in [0, 0.05) is 16.6 Å². The zero-order valence-electron chi connectivity index (χ0n) is 15.0. The van der Waals surface area contributed by atoms with Crippen molar-refractivity contribution in [3.8, 4) is 28.6 Å². The number of hydrogen-bond acceptors (Lipinski definition) is 7. The number of nitrogens with one attached hydrogen (secondary N) is 2. The maximum absolute atomic E-state index is 9.85. The van der Waals surface area contributed by atoms with Crippen molar-refractivity contribution >= 4 is 33.4 Å². The van der Waals surface area contributed by atoms with Crippen LogP contribution < -0.4 is 5.32 Å². The molecule has 0 radical (unpaired) electrons. The molecule has 0 bridgehead atoms. The second-order valence-electron chi connectivity index (χ2n) is 6.54. The largest absolute Gasteiger partial charge is 0.504 e. The number of phenols is 3. The predicted molar refractivity (Wildman–Crippen MR) is 109 cm³/mol. The van der Waals surface area contributed by atoms with Crippen molar-refractivity contribution in [2.24, 2.45) is 0 Å². The van der Waals surface area contributed by atoms with Gasteiger partial charge in [0.25, 0.3) is 0 Å². The van der Waals surface area contributed by atoms with Crippen LogP contribution in [0.4, 0.5) is 11.5 Å². The molecule has 0 spiro atoms. The Balaban J connectivity index is 1.66. The quantitative estimate of drug-likeness (QED) is 0.297. The Kier molecular flexibility index (Phi) is 3.70. The number of H-pyrrole nitrogens is 1. The molecule has 0 aliphatic rings. The molecule has 5 N–H and O–H groups in total. The lowest BCUT2D eigenvalue weighted by molar-refractivity contribution is 0.368. The van der Waals surface area contributed by atoms with Crippen LogP contribution in [0, 0.1) is 0 Å². The maximum atomic E-state index is 9.85. The van der Waals surface area contributed by atoms with Crippen LogP contribution in [0.25, 0.3) is 33.3 Å². The molecule has 8 heteroatoms. The molecule has 2 heterocycles. The normalized spacial score (nSPS) is 11.2. The van der Waals surface area contributed by atoms with E-state index in [1.54, 1.807) is 6.33 Å². The van der Waals surface area contributed by atoms with Crippen molar-refractivity contribution in [3.05, 3.63) is 60.9 Å². The molecule has 5 rings (SSSR count). The van der Waals surface area contributed by atoms with Gasteiger partial charge in [-0.2, -0.15) is 0 Å². The summed E-state index contributed by atoms with van der Waals surface area (Å²) in [5, 5.41) is 33.4. The number of imidazole rings is 1. The van der Waals surface area contributed by atoms with Crippen LogP contribution in [0.5, 0.6) is 17.2 Å². The van der Waals surface area contributed by atoms with Gasteiger partial charge in [-0.25, -0.2) is 15.0 Å². The maximum Gasteiger partial charge on any atom is 0.200 e. The smallest absolute Gasteiger partial charge is 0.200 e. The van der Waals surface area contributed by atoms with Gasteiger partial charge < -0.3 is 25.6 Å². The second-order valence-corrected chi connectivity index (χ2v) is 6.54. The monoisotopic (exact) mass is 385 g/mol. The number of para-hydroxylation sites is 1. The molecule has 2 aromatic heterocycles. The zero-order chi connectivity index (χ0) is 20.0. The fourth-order valence-electron chi connectivity index (χ4n) is 3.18. The van der Waals surface area contributed by atoms with Crippen LogP contribution in [0.3, 0.4) is 0 Å².